The Kier molecular flexibility index (Phi) is 5.56. The summed E-state index contributed by atoms with van der Waals surface area (Å²) in [6, 6.07) is 15.6. The second-order valence-electron chi connectivity index (χ2n) is 8.33. The van der Waals surface area contributed by atoms with Crippen LogP contribution in [0.5, 0.6) is 5.88 Å². The van der Waals surface area contributed by atoms with Crippen LogP contribution >= 0.6 is 11.3 Å². The number of aromatic nitrogens is 3. The van der Waals surface area contributed by atoms with Gasteiger partial charge in [0.2, 0.25) is 16.9 Å². The highest BCUT2D eigenvalue weighted by Crippen LogP contribution is 2.33. The molecule has 7 nitrogen and oxygen atoms in total. The average Bonchev–Trinajstić information content (AvgIpc) is 3.32. The van der Waals surface area contributed by atoms with Crippen molar-refractivity contribution in [3.8, 4) is 22.3 Å². The van der Waals surface area contributed by atoms with Crippen molar-refractivity contribution in [3.63, 3.8) is 0 Å². The van der Waals surface area contributed by atoms with Crippen LogP contribution in [0, 0.1) is 5.41 Å². The summed E-state index contributed by atoms with van der Waals surface area (Å²) in [6.45, 7) is 6.42. The number of ether oxygens (including phenoxy) is 1. The standard InChI is InChI=1S/C23H22N4O3S/c1-23(2,3)12-19(29)24-16-9-10-17-18(11-16)27(22-25-20(13-31-22)30-14-28)26-21(17)15-7-5-4-6-8-15/h4-11,13-14H,12H2,1-3H3,(H,24,29). The smallest absolute Gasteiger partial charge is 0.299 e. The van der Waals surface area contributed by atoms with Crippen LogP contribution in [-0.2, 0) is 9.59 Å². The fraction of sp³-hybridized carbons (Fsp3) is 0.217. The zero-order valence-electron chi connectivity index (χ0n) is 17.5. The van der Waals surface area contributed by atoms with Gasteiger partial charge in [0.15, 0.2) is 0 Å². The van der Waals surface area contributed by atoms with Gasteiger partial charge in [-0.05, 0) is 23.6 Å². The van der Waals surface area contributed by atoms with Crippen LogP contribution in [0.25, 0.3) is 27.3 Å². The largest absolute Gasteiger partial charge is 0.409 e. The summed E-state index contributed by atoms with van der Waals surface area (Å²) in [7, 11) is 0. The molecule has 8 heteroatoms. The second kappa shape index (κ2) is 8.31. The summed E-state index contributed by atoms with van der Waals surface area (Å²) >= 11 is 1.31. The summed E-state index contributed by atoms with van der Waals surface area (Å²) in [5.41, 5.74) is 3.14. The van der Waals surface area contributed by atoms with Gasteiger partial charge < -0.3 is 10.1 Å². The van der Waals surface area contributed by atoms with Crippen molar-refractivity contribution in [2.75, 3.05) is 5.32 Å². The molecule has 0 atom stereocenters. The fourth-order valence-corrected chi connectivity index (χ4v) is 3.98. The maximum Gasteiger partial charge on any atom is 0.299 e. The van der Waals surface area contributed by atoms with E-state index in [9.17, 15) is 9.59 Å². The molecule has 2 aromatic heterocycles. The molecule has 0 aliphatic heterocycles. The van der Waals surface area contributed by atoms with Gasteiger partial charge in [0.05, 0.1) is 10.9 Å². The molecular formula is C23H22N4O3S. The molecule has 0 saturated carbocycles. The molecule has 2 heterocycles. The van der Waals surface area contributed by atoms with Crippen molar-refractivity contribution in [2.45, 2.75) is 27.2 Å². The minimum absolute atomic E-state index is 0.0443. The van der Waals surface area contributed by atoms with Gasteiger partial charge in [-0.1, -0.05) is 62.4 Å². The van der Waals surface area contributed by atoms with E-state index in [4.69, 9.17) is 9.84 Å². The van der Waals surface area contributed by atoms with Gasteiger partial charge in [-0.2, -0.15) is 10.1 Å². The number of hydrogen-bond acceptors (Lipinski definition) is 6. The Hall–Kier alpha value is -3.52. The normalized spacial score (nSPS) is 11.5. The summed E-state index contributed by atoms with van der Waals surface area (Å²) < 4.78 is 6.56. The lowest BCUT2D eigenvalue weighted by Gasteiger charge is -2.17. The number of carbonyl (C=O) groups excluding carboxylic acids is 2. The van der Waals surface area contributed by atoms with E-state index in [2.05, 4.69) is 10.3 Å². The molecule has 4 aromatic rings. The number of rotatable bonds is 6. The van der Waals surface area contributed by atoms with Crippen LogP contribution in [0.2, 0.25) is 0 Å². The quantitative estimate of drug-likeness (QED) is 0.429. The van der Waals surface area contributed by atoms with Crippen LogP contribution in [-0.4, -0.2) is 27.1 Å². The third kappa shape index (κ3) is 4.64. The van der Waals surface area contributed by atoms with E-state index in [0.29, 0.717) is 23.7 Å². The molecule has 31 heavy (non-hydrogen) atoms. The number of thiazole rings is 1. The number of anilines is 1. The predicted molar refractivity (Wildman–Crippen MR) is 122 cm³/mol. The minimum atomic E-state index is -0.105. The molecule has 0 unspecified atom stereocenters. The maximum atomic E-state index is 12.4. The van der Waals surface area contributed by atoms with Crippen molar-refractivity contribution < 1.29 is 14.3 Å². The van der Waals surface area contributed by atoms with Crippen molar-refractivity contribution in [3.05, 3.63) is 53.9 Å². The zero-order chi connectivity index (χ0) is 22.0. The number of nitrogens with one attached hydrogen (secondary N) is 1. The molecule has 158 valence electrons. The monoisotopic (exact) mass is 434 g/mol. The Labute approximate surface area is 183 Å². The lowest BCUT2D eigenvalue weighted by atomic mass is 9.92. The molecule has 0 spiro atoms. The van der Waals surface area contributed by atoms with E-state index in [1.54, 1.807) is 10.1 Å². The Bertz CT molecular complexity index is 1240. The molecule has 1 N–H and O–H groups in total. The van der Waals surface area contributed by atoms with Gasteiger partial charge in [0, 0.05) is 23.1 Å². The Morgan fingerprint density at radius 2 is 1.97 bits per heavy atom. The summed E-state index contributed by atoms with van der Waals surface area (Å²) in [5.74, 6) is 0.173. The highest BCUT2D eigenvalue weighted by molar-refractivity contribution is 7.12. The first-order chi connectivity index (χ1) is 14.8. The number of nitrogens with zero attached hydrogens (tertiary/aromatic N) is 3. The summed E-state index contributed by atoms with van der Waals surface area (Å²) in [6.07, 6.45) is 0.415. The van der Waals surface area contributed by atoms with Crippen molar-refractivity contribution in [1.29, 1.82) is 0 Å². The van der Waals surface area contributed by atoms with E-state index < -0.39 is 0 Å². The van der Waals surface area contributed by atoms with Crippen molar-refractivity contribution in [1.82, 2.24) is 14.8 Å². The summed E-state index contributed by atoms with van der Waals surface area (Å²) in [5, 5.41) is 10.9. The van der Waals surface area contributed by atoms with Gasteiger partial charge in [-0.15, -0.1) is 0 Å². The number of benzene rings is 2. The fourth-order valence-electron chi connectivity index (χ4n) is 3.29. The van der Waals surface area contributed by atoms with E-state index in [-0.39, 0.29) is 17.2 Å². The first-order valence-electron chi connectivity index (χ1n) is 9.78. The lowest BCUT2D eigenvalue weighted by Crippen LogP contribution is -2.19. The van der Waals surface area contributed by atoms with E-state index in [1.807, 2.05) is 69.3 Å². The number of fused-ring (bicyclic) bond motifs is 1. The lowest BCUT2D eigenvalue weighted by molar-refractivity contribution is -0.121. The zero-order valence-corrected chi connectivity index (χ0v) is 18.3. The maximum absolute atomic E-state index is 12.4. The van der Waals surface area contributed by atoms with E-state index >= 15 is 0 Å². The highest BCUT2D eigenvalue weighted by atomic mass is 32.1. The Balaban J connectivity index is 1.80. The molecule has 0 bridgehead atoms. The van der Waals surface area contributed by atoms with Crippen LogP contribution in [0.3, 0.4) is 0 Å². The first-order valence-corrected chi connectivity index (χ1v) is 10.7. The molecule has 4 rings (SSSR count). The molecule has 1 amide bonds. The SMILES string of the molecule is CC(C)(C)CC(=O)Nc1ccc2c(-c3ccccc3)nn(-c3nc(OC=O)cs3)c2c1. The van der Waals surface area contributed by atoms with Gasteiger partial charge in [-0.3, -0.25) is 9.59 Å². The van der Waals surface area contributed by atoms with Gasteiger partial charge in [-0.25, -0.2) is 4.68 Å². The van der Waals surface area contributed by atoms with Crippen molar-refractivity contribution >= 4 is 40.3 Å². The predicted octanol–water partition coefficient (Wildman–Crippen LogP) is 5.06. The Morgan fingerprint density at radius 3 is 2.68 bits per heavy atom. The third-order valence-corrected chi connectivity index (χ3v) is 5.32. The second-order valence-corrected chi connectivity index (χ2v) is 9.16. The molecule has 0 saturated heterocycles. The molecule has 0 fully saturated rings. The Morgan fingerprint density at radius 1 is 1.19 bits per heavy atom. The number of amides is 1. The molecule has 0 aliphatic rings. The minimum Gasteiger partial charge on any atom is -0.409 e. The van der Waals surface area contributed by atoms with E-state index in [0.717, 1.165) is 22.2 Å². The molecule has 0 aliphatic carbocycles. The average molecular weight is 435 g/mol. The van der Waals surface area contributed by atoms with Gasteiger partial charge in [0.1, 0.15) is 5.69 Å². The van der Waals surface area contributed by atoms with Crippen LogP contribution in [0.1, 0.15) is 27.2 Å². The molecular weight excluding hydrogens is 412 g/mol. The first kappa shape index (κ1) is 20.7. The van der Waals surface area contributed by atoms with E-state index in [1.165, 1.54) is 11.3 Å². The topological polar surface area (TPSA) is 86.1 Å². The molecule has 2 aromatic carbocycles. The number of carbonyl (C=O) groups is 2. The summed E-state index contributed by atoms with van der Waals surface area (Å²) in [4.78, 5) is 27.4. The van der Waals surface area contributed by atoms with Crippen LogP contribution < -0.4 is 10.1 Å². The number of hydrogen-bond donors (Lipinski definition) is 1. The highest BCUT2D eigenvalue weighted by Gasteiger charge is 2.19. The third-order valence-electron chi connectivity index (χ3n) is 4.52. The van der Waals surface area contributed by atoms with Crippen molar-refractivity contribution in [2.24, 2.45) is 5.41 Å². The van der Waals surface area contributed by atoms with Gasteiger partial charge >= 0.3 is 0 Å². The van der Waals surface area contributed by atoms with Crippen LogP contribution in [0.4, 0.5) is 5.69 Å². The molecule has 0 radical (unpaired) electrons. The van der Waals surface area contributed by atoms with Crippen LogP contribution in [0.15, 0.2) is 53.9 Å². The van der Waals surface area contributed by atoms with Gasteiger partial charge in [0.25, 0.3) is 6.47 Å².